The third-order valence-corrected chi connectivity index (χ3v) is 5.25. The number of pyridine rings is 1. The van der Waals surface area contributed by atoms with Crippen LogP contribution >= 0.6 is 0 Å². The van der Waals surface area contributed by atoms with E-state index in [1.165, 1.54) is 22.2 Å². The second kappa shape index (κ2) is 5.68. The molecule has 0 N–H and O–H groups in total. The highest BCUT2D eigenvalue weighted by Crippen LogP contribution is 2.46. The van der Waals surface area contributed by atoms with Crippen LogP contribution in [0.25, 0.3) is 22.3 Å². The lowest BCUT2D eigenvalue weighted by Gasteiger charge is -2.11. The number of hydrogen-bond donors (Lipinski definition) is 0. The van der Waals surface area contributed by atoms with E-state index in [4.69, 9.17) is 0 Å². The third-order valence-electron chi connectivity index (χ3n) is 5.25. The second-order valence-electron chi connectivity index (χ2n) is 7.46. The maximum absolute atomic E-state index is 15.2. The van der Waals surface area contributed by atoms with Gasteiger partial charge in [-0.2, -0.15) is 13.2 Å². The predicted octanol–water partition coefficient (Wildman–Crippen LogP) is 4.36. The van der Waals surface area contributed by atoms with Crippen molar-refractivity contribution < 1.29 is 17.6 Å². The van der Waals surface area contributed by atoms with E-state index in [0.717, 1.165) is 31.2 Å². The molecule has 142 valence electrons. The Morgan fingerprint density at radius 2 is 1.93 bits per heavy atom. The van der Waals surface area contributed by atoms with Crippen LogP contribution in [-0.2, 0) is 19.8 Å². The molecule has 0 unspecified atom stereocenters. The molecule has 0 bridgehead atoms. The van der Waals surface area contributed by atoms with Crippen LogP contribution in [0.4, 0.5) is 17.6 Å². The molecule has 0 saturated heterocycles. The molecule has 4 nitrogen and oxygen atoms in total. The van der Waals surface area contributed by atoms with E-state index in [1.54, 1.807) is 6.07 Å². The fraction of sp³-hybridized carbons (Fsp3) is 0.368. The number of imidazole rings is 1. The lowest BCUT2D eigenvalue weighted by atomic mass is 10.1. The molecule has 0 spiro atoms. The van der Waals surface area contributed by atoms with E-state index >= 15 is 4.39 Å². The molecule has 0 amide bonds. The van der Waals surface area contributed by atoms with Crippen LogP contribution in [0.1, 0.15) is 25.3 Å². The Morgan fingerprint density at radius 1 is 1.22 bits per heavy atom. The smallest absolute Gasteiger partial charge is 0.292 e. The molecule has 2 aromatic heterocycles. The zero-order valence-corrected chi connectivity index (χ0v) is 14.8. The van der Waals surface area contributed by atoms with Crippen molar-refractivity contribution in [2.45, 2.75) is 32.5 Å². The molecular weight excluding hydrogens is 362 g/mol. The first-order valence-corrected chi connectivity index (χ1v) is 8.52. The number of benzene rings is 1. The highest BCUT2D eigenvalue weighted by Gasteiger charge is 2.38. The topological polar surface area (TPSA) is 39.8 Å². The molecule has 2 heterocycles. The Morgan fingerprint density at radius 3 is 2.56 bits per heavy atom. The van der Waals surface area contributed by atoms with Crippen molar-refractivity contribution in [3.05, 3.63) is 52.3 Å². The summed E-state index contributed by atoms with van der Waals surface area (Å²) < 4.78 is 56.8. The molecule has 1 saturated carbocycles. The molecule has 1 aliphatic rings. The van der Waals surface area contributed by atoms with Gasteiger partial charge in [0.05, 0.1) is 16.8 Å². The molecule has 1 fully saturated rings. The molecular formula is C19H17F4N3O. The fourth-order valence-corrected chi connectivity index (χ4v) is 3.33. The van der Waals surface area contributed by atoms with E-state index in [0.29, 0.717) is 12.1 Å². The van der Waals surface area contributed by atoms with Gasteiger partial charge in [-0.3, -0.25) is 14.1 Å². The van der Waals surface area contributed by atoms with Gasteiger partial charge in [0.1, 0.15) is 5.52 Å². The van der Waals surface area contributed by atoms with Gasteiger partial charge in [-0.25, -0.2) is 9.18 Å². The van der Waals surface area contributed by atoms with Gasteiger partial charge in [0, 0.05) is 25.4 Å². The zero-order valence-electron chi connectivity index (χ0n) is 14.8. The number of aryl methyl sites for hydroxylation is 1. The van der Waals surface area contributed by atoms with E-state index in [2.05, 4.69) is 11.9 Å². The minimum atomic E-state index is -4.55. The van der Waals surface area contributed by atoms with Crippen LogP contribution in [0.15, 0.2) is 35.3 Å². The number of alkyl halides is 3. The maximum atomic E-state index is 15.2. The lowest BCUT2D eigenvalue weighted by molar-refractivity contribution is -0.137. The number of rotatable bonds is 3. The molecule has 3 aromatic rings. The maximum Gasteiger partial charge on any atom is 0.416 e. The molecule has 0 aliphatic heterocycles. The van der Waals surface area contributed by atoms with Crippen LogP contribution < -0.4 is 5.69 Å². The van der Waals surface area contributed by atoms with Crippen LogP contribution in [0.2, 0.25) is 0 Å². The summed E-state index contributed by atoms with van der Waals surface area (Å²) >= 11 is 0. The van der Waals surface area contributed by atoms with Crippen LogP contribution in [-0.4, -0.2) is 14.1 Å². The molecule has 27 heavy (non-hydrogen) atoms. The minimum Gasteiger partial charge on any atom is -0.292 e. The molecule has 0 radical (unpaired) electrons. The van der Waals surface area contributed by atoms with Gasteiger partial charge in [-0.05, 0) is 42.5 Å². The number of nitrogens with zero attached hydrogens (tertiary/aromatic N) is 3. The normalized spacial score (nSPS) is 16.1. The summed E-state index contributed by atoms with van der Waals surface area (Å²) in [6.07, 6.45) is -1.54. The third kappa shape index (κ3) is 2.93. The summed E-state index contributed by atoms with van der Waals surface area (Å²) in [5, 5.41) is 0. The Labute approximate surface area is 152 Å². The molecule has 4 rings (SSSR count). The summed E-state index contributed by atoms with van der Waals surface area (Å²) in [6, 6.07) is 4.60. The van der Waals surface area contributed by atoms with Crippen molar-refractivity contribution in [2.75, 3.05) is 0 Å². The average molecular weight is 379 g/mol. The average Bonchev–Trinajstić information content (AvgIpc) is 3.29. The summed E-state index contributed by atoms with van der Waals surface area (Å²) in [7, 11) is 1.46. The second-order valence-corrected chi connectivity index (χ2v) is 7.46. The standard InChI is InChI=1S/C19H17F4N3O/c1-18(6-7-18)10-26-14-4-3-12(15(20)16(14)25(2)17(26)27)13-9-11(5-8-24-13)19(21,22)23/h3-5,8-9H,6-7,10H2,1-2H3. The van der Waals surface area contributed by atoms with Gasteiger partial charge in [0.25, 0.3) is 0 Å². The van der Waals surface area contributed by atoms with Crippen molar-refractivity contribution in [1.82, 2.24) is 14.1 Å². The number of aromatic nitrogens is 3. The highest BCUT2D eigenvalue weighted by atomic mass is 19.4. The summed E-state index contributed by atoms with van der Waals surface area (Å²) in [4.78, 5) is 16.5. The van der Waals surface area contributed by atoms with E-state index in [-0.39, 0.29) is 27.9 Å². The van der Waals surface area contributed by atoms with Crippen LogP contribution in [0.5, 0.6) is 0 Å². The van der Waals surface area contributed by atoms with E-state index in [9.17, 15) is 18.0 Å². The monoisotopic (exact) mass is 379 g/mol. The highest BCUT2D eigenvalue weighted by molar-refractivity contribution is 5.83. The first kappa shape index (κ1) is 17.8. The van der Waals surface area contributed by atoms with Crippen molar-refractivity contribution >= 4 is 11.0 Å². The molecule has 1 aliphatic carbocycles. The van der Waals surface area contributed by atoms with Gasteiger partial charge in [-0.15, -0.1) is 0 Å². The largest absolute Gasteiger partial charge is 0.416 e. The first-order chi connectivity index (χ1) is 12.6. The van der Waals surface area contributed by atoms with Gasteiger partial charge >= 0.3 is 11.9 Å². The molecule has 8 heteroatoms. The summed E-state index contributed by atoms with van der Waals surface area (Å²) in [5.74, 6) is -0.751. The van der Waals surface area contributed by atoms with Crippen LogP contribution in [0.3, 0.4) is 0 Å². The Bertz CT molecular complexity index is 1110. The fourth-order valence-electron chi connectivity index (χ4n) is 3.33. The number of halogens is 4. The SMILES string of the molecule is Cn1c(=O)n(CC2(C)CC2)c2ccc(-c3cc(C(F)(F)F)ccn3)c(F)c21. The Hall–Kier alpha value is -2.64. The Balaban J connectivity index is 1.89. The van der Waals surface area contributed by atoms with Gasteiger partial charge in [-0.1, -0.05) is 6.92 Å². The minimum absolute atomic E-state index is 0.0376. The zero-order chi connectivity index (χ0) is 19.6. The van der Waals surface area contributed by atoms with Crippen molar-refractivity contribution in [1.29, 1.82) is 0 Å². The summed E-state index contributed by atoms with van der Waals surface area (Å²) in [6.45, 7) is 2.55. The van der Waals surface area contributed by atoms with Crippen molar-refractivity contribution in [3.8, 4) is 11.3 Å². The first-order valence-electron chi connectivity index (χ1n) is 8.52. The van der Waals surface area contributed by atoms with Crippen molar-refractivity contribution in [2.24, 2.45) is 12.5 Å². The van der Waals surface area contributed by atoms with Crippen molar-refractivity contribution in [3.63, 3.8) is 0 Å². The molecule has 0 atom stereocenters. The van der Waals surface area contributed by atoms with Gasteiger partial charge in [0.2, 0.25) is 0 Å². The molecule has 1 aromatic carbocycles. The Kier molecular flexibility index (Phi) is 3.73. The summed E-state index contributed by atoms with van der Waals surface area (Å²) in [5.41, 5.74) is -0.899. The van der Waals surface area contributed by atoms with Crippen LogP contribution in [0, 0.1) is 11.2 Å². The van der Waals surface area contributed by atoms with Gasteiger partial charge in [0.15, 0.2) is 5.82 Å². The quantitative estimate of drug-likeness (QED) is 0.635. The van der Waals surface area contributed by atoms with E-state index in [1.807, 2.05) is 0 Å². The number of hydrogen-bond acceptors (Lipinski definition) is 2. The number of fused-ring (bicyclic) bond motifs is 1. The lowest BCUT2D eigenvalue weighted by Crippen LogP contribution is -2.25. The van der Waals surface area contributed by atoms with Gasteiger partial charge < -0.3 is 0 Å². The van der Waals surface area contributed by atoms with E-state index < -0.39 is 17.6 Å². The predicted molar refractivity (Wildman–Crippen MR) is 92.7 cm³/mol.